The highest BCUT2D eigenvalue weighted by molar-refractivity contribution is 5.73. The van der Waals surface area contributed by atoms with Crippen molar-refractivity contribution in [1.29, 1.82) is 0 Å². The maximum Gasteiger partial charge on any atom is 0.264 e. The van der Waals surface area contributed by atoms with Crippen LogP contribution in [0.5, 0.6) is 0 Å². The second kappa shape index (κ2) is 8.60. The molecule has 6 nitrogen and oxygen atoms in total. The topological polar surface area (TPSA) is 80.0 Å². The summed E-state index contributed by atoms with van der Waals surface area (Å²) in [7, 11) is 2.07. The van der Waals surface area contributed by atoms with Gasteiger partial charge in [-0.1, -0.05) is 17.7 Å². The zero-order chi connectivity index (χ0) is 20.3. The molecule has 0 radical (unpaired) electrons. The van der Waals surface area contributed by atoms with Crippen molar-refractivity contribution < 1.29 is 8.78 Å². The number of benzene rings is 1. The van der Waals surface area contributed by atoms with Gasteiger partial charge in [-0.15, -0.1) is 10.2 Å². The highest BCUT2D eigenvalue weighted by Gasteiger charge is 2.21. The Morgan fingerprint density at radius 2 is 2.14 bits per heavy atom. The van der Waals surface area contributed by atoms with Crippen LogP contribution in [0.15, 0.2) is 23.9 Å². The number of nitrogens with two attached hydrogens (primary N) is 1. The van der Waals surface area contributed by atoms with Crippen molar-refractivity contribution in [3.8, 4) is 11.3 Å². The van der Waals surface area contributed by atoms with Crippen molar-refractivity contribution >= 4 is 12.0 Å². The van der Waals surface area contributed by atoms with E-state index in [1.165, 1.54) is 6.07 Å². The first-order valence-corrected chi connectivity index (χ1v) is 9.36. The highest BCUT2D eigenvalue weighted by atomic mass is 19.3. The summed E-state index contributed by atoms with van der Waals surface area (Å²) in [5.74, 6) is 0.377. The maximum atomic E-state index is 13.6. The number of aryl methyl sites for hydroxylation is 1. The Balaban J connectivity index is 1.99. The molecule has 0 spiro atoms. The molecule has 2 heterocycles. The fourth-order valence-electron chi connectivity index (χ4n) is 3.45. The third-order valence-electron chi connectivity index (χ3n) is 4.73. The van der Waals surface area contributed by atoms with Gasteiger partial charge in [-0.25, -0.2) is 13.8 Å². The van der Waals surface area contributed by atoms with Gasteiger partial charge in [0.25, 0.3) is 6.43 Å². The molecule has 0 bridgehead atoms. The normalized spacial score (nSPS) is 18.5. The van der Waals surface area contributed by atoms with Gasteiger partial charge in [-0.2, -0.15) is 0 Å². The van der Waals surface area contributed by atoms with Crippen molar-refractivity contribution in [2.24, 2.45) is 5.73 Å². The third-order valence-corrected chi connectivity index (χ3v) is 4.73. The summed E-state index contributed by atoms with van der Waals surface area (Å²) >= 11 is 0. The number of anilines is 1. The number of allylic oxidation sites excluding steroid dienone is 1. The van der Waals surface area contributed by atoms with Gasteiger partial charge >= 0.3 is 0 Å². The quantitative estimate of drug-likeness (QED) is 0.815. The number of hydrogen-bond acceptors (Lipinski definition) is 6. The Morgan fingerprint density at radius 3 is 2.82 bits per heavy atom. The number of likely N-dealkylation sites (tertiary alicyclic amines) is 1. The average Bonchev–Trinajstić information content (AvgIpc) is 2.62. The molecule has 2 aromatic rings. The number of halogens is 2. The lowest BCUT2D eigenvalue weighted by Crippen LogP contribution is -2.40. The molecule has 1 saturated heterocycles. The summed E-state index contributed by atoms with van der Waals surface area (Å²) in [6.07, 6.45) is 1.12. The Bertz CT molecular complexity index is 864. The lowest BCUT2D eigenvalue weighted by atomic mass is 10.0. The number of likely N-dealkylation sites (N-methyl/N-ethyl adjacent to an activating group) is 1. The smallest absolute Gasteiger partial charge is 0.264 e. The van der Waals surface area contributed by atoms with E-state index < -0.39 is 6.43 Å². The molecule has 8 heteroatoms. The molecule has 3 N–H and O–H groups in total. The van der Waals surface area contributed by atoms with Crippen LogP contribution in [0.2, 0.25) is 0 Å². The van der Waals surface area contributed by atoms with E-state index in [4.69, 9.17) is 5.73 Å². The van der Waals surface area contributed by atoms with Gasteiger partial charge in [-0.05, 0) is 52.4 Å². The molecule has 150 valence electrons. The third kappa shape index (κ3) is 4.81. The molecule has 1 fully saturated rings. The van der Waals surface area contributed by atoms with Crippen LogP contribution in [0.3, 0.4) is 0 Å². The monoisotopic (exact) mass is 388 g/mol. The van der Waals surface area contributed by atoms with Crippen LogP contribution < -0.4 is 11.1 Å². The molecule has 1 unspecified atom stereocenters. The number of nitrogens with zero attached hydrogens (tertiary/aromatic N) is 4. The van der Waals surface area contributed by atoms with E-state index in [2.05, 4.69) is 32.4 Å². The number of piperidine rings is 1. The summed E-state index contributed by atoms with van der Waals surface area (Å²) in [5, 5.41) is 11.7. The molecule has 1 atom stereocenters. The first-order valence-electron chi connectivity index (χ1n) is 9.36. The Morgan fingerprint density at radius 1 is 1.36 bits per heavy atom. The number of alkyl halides is 2. The van der Waals surface area contributed by atoms with Crippen molar-refractivity contribution in [2.75, 3.05) is 25.5 Å². The van der Waals surface area contributed by atoms with E-state index in [0.29, 0.717) is 28.6 Å². The van der Waals surface area contributed by atoms with Gasteiger partial charge in [0.15, 0.2) is 0 Å². The zero-order valence-electron chi connectivity index (χ0n) is 16.4. The molecule has 0 aliphatic carbocycles. The molecule has 0 amide bonds. The van der Waals surface area contributed by atoms with Gasteiger partial charge in [0.2, 0.25) is 5.95 Å². The Hall–Kier alpha value is -2.61. The minimum absolute atomic E-state index is 0.0879. The summed E-state index contributed by atoms with van der Waals surface area (Å²) < 4.78 is 27.2. The Kier molecular flexibility index (Phi) is 6.18. The molecule has 1 aromatic carbocycles. The second-order valence-electron chi connectivity index (χ2n) is 7.39. The van der Waals surface area contributed by atoms with E-state index in [1.807, 2.05) is 0 Å². The summed E-state index contributed by atoms with van der Waals surface area (Å²) in [6, 6.07) is 5.09. The highest BCUT2D eigenvalue weighted by Crippen LogP contribution is 2.33. The fraction of sp³-hybridized carbons (Fsp3) is 0.450. The molecular formula is C20H26F2N6. The summed E-state index contributed by atoms with van der Waals surface area (Å²) in [4.78, 5) is 6.77. The van der Waals surface area contributed by atoms with E-state index in [0.717, 1.165) is 31.5 Å². The molecular weight excluding hydrogens is 362 g/mol. The van der Waals surface area contributed by atoms with Crippen molar-refractivity contribution in [3.05, 3.63) is 40.7 Å². The van der Waals surface area contributed by atoms with E-state index in [-0.39, 0.29) is 11.6 Å². The largest absolute Gasteiger partial charge is 0.402 e. The minimum atomic E-state index is -2.62. The van der Waals surface area contributed by atoms with Crippen LogP contribution in [0.4, 0.5) is 14.7 Å². The van der Waals surface area contributed by atoms with E-state index in [1.54, 1.807) is 32.1 Å². The predicted octanol–water partition coefficient (Wildman–Crippen LogP) is 3.61. The van der Waals surface area contributed by atoms with Crippen molar-refractivity contribution in [1.82, 2.24) is 20.1 Å². The SMILES string of the molecule is CC(N)=Cc1nc(NC2CCCN(C)C2)nnc1-c1ccc(C)cc1C(F)F. The second-order valence-corrected chi connectivity index (χ2v) is 7.39. The number of aromatic nitrogens is 3. The first kappa shape index (κ1) is 20.1. The lowest BCUT2D eigenvalue weighted by Gasteiger charge is -2.30. The molecule has 28 heavy (non-hydrogen) atoms. The van der Waals surface area contributed by atoms with Crippen LogP contribution in [0.25, 0.3) is 17.3 Å². The van der Waals surface area contributed by atoms with Crippen LogP contribution in [-0.4, -0.2) is 46.3 Å². The van der Waals surface area contributed by atoms with Crippen LogP contribution >= 0.6 is 0 Å². The van der Waals surface area contributed by atoms with Crippen LogP contribution in [0.1, 0.15) is 43.0 Å². The Labute approximate surface area is 163 Å². The van der Waals surface area contributed by atoms with Gasteiger partial charge in [0.05, 0.1) is 5.69 Å². The van der Waals surface area contributed by atoms with Crippen molar-refractivity contribution in [2.45, 2.75) is 39.2 Å². The average molecular weight is 388 g/mol. The fourth-order valence-corrected chi connectivity index (χ4v) is 3.45. The van der Waals surface area contributed by atoms with Crippen LogP contribution in [0, 0.1) is 6.92 Å². The summed E-state index contributed by atoms with van der Waals surface area (Å²) in [5.41, 5.74) is 8.06. The van der Waals surface area contributed by atoms with Crippen molar-refractivity contribution in [3.63, 3.8) is 0 Å². The summed E-state index contributed by atoms with van der Waals surface area (Å²) in [6.45, 7) is 5.46. The van der Waals surface area contributed by atoms with Crippen LogP contribution in [-0.2, 0) is 0 Å². The predicted molar refractivity (Wildman–Crippen MR) is 107 cm³/mol. The molecule has 1 aliphatic heterocycles. The minimum Gasteiger partial charge on any atom is -0.402 e. The molecule has 0 saturated carbocycles. The molecule has 1 aliphatic rings. The van der Waals surface area contributed by atoms with Gasteiger partial charge in [-0.3, -0.25) is 0 Å². The first-order chi connectivity index (χ1) is 13.3. The number of rotatable bonds is 5. The molecule has 3 rings (SSSR count). The van der Waals surface area contributed by atoms with Gasteiger partial charge in [0.1, 0.15) is 5.69 Å². The molecule has 1 aromatic heterocycles. The number of nitrogens with one attached hydrogen (secondary N) is 1. The van der Waals surface area contributed by atoms with Gasteiger partial charge in [0, 0.05) is 29.4 Å². The van der Waals surface area contributed by atoms with E-state index in [9.17, 15) is 8.78 Å². The van der Waals surface area contributed by atoms with E-state index >= 15 is 0 Å². The maximum absolute atomic E-state index is 13.6. The standard InChI is InChI=1S/C20H26F2N6/c1-12-6-7-15(16(9-12)19(21)22)18-17(10-13(2)23)25-20(27-26-18)24-14-5-4-8-28(3)11-14/h6-7,9-10,14,19H,4-5,8,11,23H2,1-3H3,(H,24,25,27). The zero-order valence-corrected chi connectivity index (χ0v) is 16.4. The lowest BCUT2D eigenvalue weighted by molar-refractivity contribution is 0.152. The van der Waals surface area contributed by atoms with Gasteiger partial charge < -0.3 is 16.0 Å². The number of hydrogen-bond donors (Lipinski definition) is 2.